The van der Waals surface area contributed by atoms with Gasteiger partial charge in [0.15, 0.2) is 5.82 Å². The number of benzene rings is 2. The number of imidazole rings is 1. The van der Waals surface area contributed by atoms with E-state index >= 15 is 0 Å². The Kier molecular flexibility index (Phi) is 7.76. The minimum absolute atomic E-state index is 0.0463. The number of rotatable bonds is 10. The molecule has 3 heterocycles. The molecule has 2 aromatic carbocycles. The number of hydrogen-bond donors (Lipinski definition) is 3. The summed E-state index contributed by atoms with van der Waals surface area (Å²) in [6.45, 7) is 4.02. The fourth-order valence-corrected chi connectivity index (χ4v) is 4.71. The summed E-state index contributed by atoms with van der Waals surface area (Å²) in [6, 6.07) is 17.6. The summed E-state index contributed by atoms with van der Waals surface area (Å²) in [4.78, 5) is 29.7. The Balaban J connectivity index is 1.16. The van der Waals surface area contributed by atoms with Crippen LogP contribution >= 0.6 is 0 Å². The van der Waals surface area contributed by atoms with E-state index in [1.807, 2.05) is 43.3 Å². The van der Waals surface area contributed by atoms with Crippen molar-refractivity contribution in [3.63, 3.8) is 0 Å². The molecule has 3 N–H and O–H groups in total. The van der Waals surface area contributed by atoms with E-state index in [9.17, 15) is 9.18 Å². The Morgan fingerprint density at radius 1 is 1.05 bits per heavy atom. The molecule has 9 nitrogen and oxygen atoms in total. The van der Waals surface area contributed by atoms with Gasteiger partial charge in [0.1, 0.15) is 5.82 Å². The lowest BCUT2D eigenvalue weighted by Crippen LogP contribution is -2.45. The molecule has 2 aromatic heterocycles. The standard InChI is InChI=1S/C31H33FN6O3/c1-31(17-35-25(39)15-20-5-3-2-4-6-20)18-40-29(41-19-31)28-37-26(22-9-11-23(32)12-10-22)27(38-28)24-13-14-33-30(36-24)34-16-21-7-8-21/h2-6,9-14,21,29H,7-8,15-19H2,1H3,(H,35,39)(H,37,38)(H,33,34,36). The number of H-pyrrole nitrogens is 1. The highest BCUT2D eigenvalue weighted by Crippen LogP contribution is 2.35. The summed E-state index contributed by atoms with van der Waals surface area (Å²) >= 11 is 0. The lowest BCUT2D eigenvalue weighted by Gasteiger charge is -2.36. The Labute approximate surface area is 237 Å². The fourth-order valence-electron chi connectivity index (χ4n) is 4.71. The molecule has 0 unspecified atom stereocenters. The molecular formula is C31H33FN6O3. The Hall–Kier alpha value is -4.15. The second-order valence-corrected chi connectivity index (χ2v) is 11.1. The maximum absolute atomic E-state index is 13.7. The van der Waals surface area contributed by atoms with E-state index in [0.29, 0.717) is 61.0 Å². The number of nitrogens with one attached hydrogen (secondary N) is 3. The molecule has 10 heteroatoms. The average molecular weight is 557 g/mol. The van der Waals surface area contributed by atoms with Gasteiger partial charge in [-0.1, -0.05) is 37.3 Å². The number of carbonyl (C=O) groups is 1. The normalized spacial score (nSPS) is 20.5. The number of carbonyl (C=O) groups excluding carboxylic acids is 1. The molecule has 2 aliphatic rings. The van der Waals surface area contributed by atoms with Crippen LogP contribution in [0.2, 0.25) is 0 Å². The number of amides is 1. The number of aromatic amines is 1. The Morgan fingerprint density at radius 3 is 2.54 bits per heavy atom. The topological polar surface area (TPSA) is 114 Å². The van der Waals surface area contributed by atoms with Gasteiger partial charge in [-0.2, -0.15) is 0 Å². The van der Waals surface area contributed by atoms with E-state index in [0.717, 1.165) is 17.7 Å². The highest BCUT2D eigenvalue weighted by atomic mass is 19.1. The molecule has 1 aliphatic heterocycles. The highest BCUT2D eigenvalue weighted by molar-refractivity contribution is 5.78. The molecule has 0 spiro atoms. The SMILES string of the molecule is CC1(CNC(=O)Cc2ccccc2)COC(c2nc(-c3ccc(F)cc3)c(-c3ccnc(NCC4CC4)n3)[nH]2)OC1. The smallest absolute Gasteiger partial charge is 0.224 e. The maximum atomic E-state index is 13.7. The van der Waals surface area contributed by atoms with Gasteiger partial charge in [0.05, 0.1) is 36.7 Å². The summed E-state index contributed by atoms with van der Waals surface area (Å²) < 4.78 is 25.9. The summed E-state index contributed by atoms with van der Waals surface area (Å²) in [6.07, 6.45) is 3.75. The van der Waals surface area contributed by atoms with Gasteiger partial charge in [0.2, 0.25) is 18.1 Å². The molecule has 2 fully saturated rings. The van der Waals surface area contributed by atoms with Crippen LogP contribution in [0.1, 0.15) is 37.4 Å². The number of anilines is 1. The van der Waals surface area contributed by atoms with Crippen LogP contribution in [-0.2, 0) is 20.7 Å². The first-order valence-electron chi connectivity index (χ1n) is 13.9. The second-order valence-electron chi connectivity index (χ2n) is 11.1. The predicted octanol–water partition coefficient (Wildman–Crippen LogP) is 4.91. The third-order valence-corrected chi connectivity index (χ3v) is 7.31. The van der Waals surface area contributed by atoms with Gasteiger partial charge in [-0.15, -0.1) is 0 Å². The van der Waals surface area contributed by atoms with Gasteiger partial charge in [0.25, 0.3) is 0 Å². The highest BCUT2D eigenvalue weighted by Gasteiger charge is 2.35. The first-order chi connectivity index (χ1) is 19.9. The number of ether oxygens (including phenoxy) is 2. The van der Waals surface area contributed by atoms with Crippen LogP contribution in [-0.4, -0.2) is 52.1 Å². The maximum Gasteiger partial charge on any atom is 0.224 e. The van der Waals surface area contributed by atoms with Crippen molar-refractivity contribution in [3.05, 3.63) is 84.1 Å². The third kappa shape index (κ3) is 6.78. The molecule has 1 saturated carbocycles. The van der Waals surface area contributed by atoms with E-state index < -0.39 is 11.7 Å². The van der Waals surface area contributed by atoms with Gasteiger partial charge >= 0.3 is 0 Å². The van der Waals surface area contributed by atoms with E-state index in [4.69, 9.17) is 19.4 Å². The van der Waals surface area contributed by atoms with Crippen molar-refractivity contribution < 1.29 is 18.7 Å². The van der Waals surface area contributed by atoms with Crippen molar-refractivity contribution in [2.45, 2.75) is 32.5 Å². The van der Waals surface area contributed by atoms with E-state index in [2.05, 4.69) is 20.6 Å². The van der Waals surface area contributed by atoms with E-state index in [-0.39, 0.29) is 11.7 Å². The average Bonchev–Trinajstić information content (AvgIpc) is 3.73. The van der Waals surface area contributed by atoms with Crippen molar-refractivity contribution in [3.8, 4) is 22.6 Å². The first kappa shape index (κ1) is 27.0. The first-order valence-corrected chi connectivity index (χ1v) is 13.9. The molecular weight excluding hydrogens is 523 g/mol. The van der Waals surface area contributed by atoms with Crippen LogP contribution in [0.3, 0.4) is 0 Å². The minimum Gasteiger partial charge on any atom is -0.355 e. The predicted molar refractivity (Wildman–Crippen MR) is 152 cm³/mol. The zero-order valence-corrected chi connectivity index (χ0v) is 22.9. The van der Waals surface area contributed by atoms with Crippen LogP contribution in [0.25, 0.3) is 22.6 Å². The van der Waals surface area contributed by atoms with Gasteiger partial charge in [0, 0.05) is 30.3 Å². The van der Waals surface area contributed by atoms with E-state index in [1.54, 1.807) is 18.3 Å². The lowest BCUT2D eigenvalue weighted by atomic mass is 9.92. The zero-order chi connectivity index (χ0) is 28.2. The molecule has 0 atom stereocenters. The number of nitrogens with zero attached hydrogens (tertiary/aromatic N) is 3. The monoisotopic (exact) mass is 556 g/mol. The quantitative estimate of drug-likeness (QED) is 0.254. The molecule has 1 saturated heterocycles. The Bertz CT molecular complexity index is 1480. The van der Waals surface area contributed by atoms with Crippen molar-refractivity contribution in [2.75, 3.05) is 31.6 Å². The molecule has 212 valence electrons. The van der Waals surface area contributed by atoms with Crippen LogP contribution in [0.5, 0.6) is 0 Å². The van der Waals surface area contributed by atoms with Crippen LogP contribution in [0.4, 0.5) is 10.3 Å². The van der Waals surface area contributed by atoms with Crippen LogP contribution in [0.15, 0.2) is 66.9 Å². The van der Waals surface area contributed by atoms with Gasteiger partial charge in [-0.25, -0.2) is 19.3 Å². The van der Waals surface area contributed by atoms with Crippen molar-refractivity contribution >= 4 is 11.9 Å². The van der Waals surface area contributed by atoms with Crippen molar-refractivity contribution in [2.24, 2.45) is 11.3 Å². The molecule has 6 rings (SSSR count). The number of hydrogen-bond acceptors (Lipinski definition) is 7. The number of halogens is 1. The van der Waals surface area contributed by atoms with Gasteiger partial charge < -0.3 is 25.1 Å². The zero-order valence-electron chi connectivity index (χ0n) is 22.9. The largest absolute Gasteiger partial charge is 0.355 e. The number of aromatic nitrogens is 4. The van der Waals surface area contributed by atoms with Gasteiger partial charge in [-0.3, -0.25) is 4.79 Å². The van der Waals surface area contributed by atoms with Crippen molar-refractivity contribution in [1.29, 1.82) is 0 Å². The molecule has 4 aromatic rings. The molecule has 1 amide bonds. The lowest BCUT2D eigenvalue weighted by molar-refractivity contribution is -0.232. The molecule has 0 radical (unpaired) electrons. The third-order valence-electron chi connectivity index (χ3n) is 7.31. The van der Waals surface area contributed by atoms with E-state index in [1.165, 1.54) is 25.0 Å². The summed E-state index contributed by atoms with van der Waals surface area (Å²) in [5.74, 6) is 1.34. The van der Waals surface area contributed by atoms with Crippen LogP contribution < -0.4 is 10.6 Å². The second kappa shape index (κ2) is 11.8. The minimum atomic E-state index is -0.731. The molecule has 0 bridgehead atoms. The Morgan fingerprint density at radius 2 is 1.80 bits per heavy atom. The summed E-state index contributed by atoms with van der Waals surface area (Å²) in [7, 11) is 0. The summed E-state index contributed by atoms with van der Waals surface area (Å²) in [5, 5.41) is 6.32. The summed E-state index contributed by atoms with van der Waals surface area (Å²) in [5.41, 5.74) is 3.23. The molecule has 41 heavy (non-hydrogen) atoms. The van der Waals surface area contributed by atoms with Gasteiger partial charge in [-0.05, 0) is 54.7 Å². The fraction of sp³-hybridized carbons (Fsp3) is 0.355. The van der Waals surface area contributed by atoms with Crippen molar-refractivity contribution in [1.82, 2.24) is 25.3 Å². The molecule has 1 aliphatic carbocycles. The van der Waals surface area contributed by atoms with Crippen LogP contribution in [0, 0.1) is 17.2 Å².